The molecule has 1 aliphatic rings. The van der Waals surface area contributed by atoms with E-state index in [0.717, 1.165) is 12.3 Å². The maximum atomic E-state index is 9.26. The Hall–Kier alpha value is -1.08. The molecule has 0 heterocycles. The molecule has 1 heteroatoms. The lowest BCUT2D eigenvalue weighted by Crippen LogP contribution is -2.22. The maximum absolute atomic E-state index is 9.26. The molecule has 0 aromatic heterocycles. The number of aliphatic hydroxyl groups is 1. The average Bonchev–Trinajstić information content (AvgIpc) is 2.60. The van der Waals surface area contributed by atoms with Crippen molar-refractivity contribution >= 4 is 0 Å². The highest BCUT2D eigenvalue weighted by molar-refractivity contribution is 5.13. The molecule has 1 N–H and O–H groups in total. The molecular formula is C21H38O. The zero-order valence-electron chi connectivity index (χ0n) is 15.5. The van der Waals surface area contributed by atoms with Gasteiger partial charge in [0.1, 0.15) is 0 Å². The Bertz CT molecular complexity index is 310. The van der Waals surface area contributed by atoms with Crippen LogP contribution in [0.4, 0.5) is 0 Å². The van der Waals surface area contributed by atoms with Gasteiger partial charge < -0.3 is 5.11 Å². The van der Waals surface area contributed by atoms with Gasteiger partial charge in [0, 0.05) is 0 Å². The SMILES string of the molecule is C=C.CC.CC1CCC(C(C)O)CC1.CCc1ccccc1. The van der Waals surface area contributed by atoms with Crippen LogP contribution in [0.15, 0.2) is 43.5 Å². The Morgan fingerprint density at radius 1 is 1.05 bits per heavy atom. The molecular weight excluding hydrogens is 268 g/mol. The lowest BCUT2D eigenvalue weighted by Gasteiger charge is -2.27. The van der Waals surface area contributed by atoms with Crippen molar-refractivity contribution in [2.24, 2.45) is 11.8 Å². The maximum Gasteiger partial charge on any atom is 0.0540 e. The summed E-state index contributed by atoms with van der Waals surface area (Å²) in [7, 11) is 0. The molecule has 0 amide bonds. The Morgan fingerprint density at radius 2 is 1.50 bits per heavy atom. The van der Waals surface area contributed by atoms with Gasteiger partial charge in [0.2, 0.25) is 0 Å². The van der Waals surface area contributed by atoms with Crippen molar-refractivity contribution in [2.45, 2.75) is 72.8 Å². The second-order valence-electron chi connectivity index (χ2n) is 5.60. The second-order valence-corrected chi connectivity index (χ2v) is 5.60. The molecule has 0 bridgehead atoms. The smallest absolute Gasteiger partial charge is 0.0540 e. The van der Waals surface area contributed by atoms with Crippen LogP contribution in [0.2, 0.25) is 0 Å². The molecule has 1 unspecified atom stereocenters. The van der Waals surface area contributed by atoms with Gasteiger partial charge in [-0.05, 0) is 43.6 Å². The molecule has 1 nitrogen and oxygen atoms in total. The molecule has 1 aromatic carbocycles. The van der Waals surface area contributed by atoms with Crippen molar-refractivity contribution in [1.29, 1.82) is 0 Å². The van der Waals surface area contributed by atoms with Crippen LogP contribution < -0.4 is 0 Å². The van der Waals surface area contributed by atoms with Crippen LogP contribution in [0, 0.1) is 11.8 Å². The Balaban J connectivity index is 0. The molecule has 1 saturated carbocycles. The first-order chi connectivity index (χ1) is 10.6. The number of hydrogen-bond acceptors (Lipinski definition) is 1. The van der Waals surface area contributed by atoms with Crippen molar-refractivity contribution in [2.75, 3.05) is 0 Å². The van der Waals surface area contributed by atoms with Crippen LogP contribution in [0.3, 0.4) is 0 Å². The molecule has 1 aromatic rings. The van der Waals surface area contributed by atoms with E-state index in [4.69, 9.17) is 0 Å². The van der Waals surface area contributed by atoms with E-state index in [1.165, 1.54) is 31.2 Å². The van der Waals surface area contributed by atoms with Crippen molar-refractivity contribution in [3.8, 4) is 0 Å². The predicted octanol–water partition coefficient (Wildman–Crippen LogP) is 6.27. The Labute approximate surface area is 139 Å². The Kier molecular flexibility index (Phi) is 17.2. The van der Waals surface area contributed by atoms with Crippen LogP contribution >= 0.6 is 0 Å². The van der Waals surface area contributed by atoms with E-state index in [1.807, 2.05) is 26.8 Å². The topological polar surface area (TPSA) is 20.2 Å². The van der Waals surface area contributed by atoms with Crippen LogP contribution in [0.25, 0.3) is 0 Å². The first kappa shape index (κ1) is 23.2. The highest BCUT2D eigenvalue weighted by Crippen LogP contribution is 2.29. The third-order valence-electron chi connectivity index (χ3n) is 3.99. The minimum Gasteiger partial charge on any atom is -0.393 e. The largest absolute Gasteiger partial charge is 0.393 e. The van der Waals surface area contributed by atoms with Crippen molar-refractivity contribution in [3.05, 3.63) is 49.1 Å². The van der Waals surface area contributed by atoms with Crippen molar-refractivity contribution in [1.82, 2.24) is 0 Å². The van der Waals surface area contributed by atoms with Crippen LogP contribution in [0.1, 0.15) is 65.9 Å². The third kappa shape index (κ3) is 11.6. The normalized spacial score (nSPS) is 20.8. The predicted molar refractivity (Wildman–Crippen MR) is 101 cm³/mol. The summed E-state index contributed by atoms with van der Waals surface area (Å²) in [6.07, 6.45) is 6.16. The Morgan fingerprint density at radius 3 is 1.82 bits per heavy atom. The fourth-order valence-electron chi connectivity index (χ4n) is 2.48. The van der Waals surface area contributed by atoms with E-state index >= 15 is 0 Å². The summed E-state index contributed by atoms with van der Waals surface area (Å²) < 4.78 is 0. The quantitative estimate of drug-likeness (QED) is 0.638. The fourth-order valence-corrected chi connectivity index (χ4v) is 2.48. The molecule has 0 saturated heterocycles. The van der Waals surface area contributed by atoms with Crippen LogP contribution in [0.5, 0.6) is 0 Å². The molecule has 0 radical (unpaired) electrons. The van der Waals surface area contributed by atoms with Crippen LogP contribution in [-0.2, 0) is 6.42 Å². The second kappa shape index (κ2) is 16.3. The van der Waals surface area contributed by atoms with Crippen LogP contribution in [-0.4, -0.2) is 11.2 Å². The number of benzene rings is 1. The average molecular weight is 307 g/mol. The number of aliphatic hydroxyl groups excluding tert-OH is 1. The van der Waals surface area contributed by atoms with E-state index in [9.17, 15) is 5.11 Å². The lowest BCUT2D eigenvalue weighted by atomic mass is 9.81. The summed E-state index contributed by atoms with van der Waals surface area (Å²) in [6.45, 7) is 16.4. The van der Waals surface area contributed by atoms with E-state index in [-0.39, 0.29) is 6.10 Å². The molecule has 1 aliphatic carbocycles. The van der Waals surface area contributed by atoms with Gasteiger partial charge in [0.15, 0.2) is 0 Å². The fraction of sp³-hybridized carbons (Fsp3) is 0.619. The van der Waals surface area contributed by atoms with Gasteiger partial charge in [0.05, 0.1) is 6.10 Å². The molecule has 128 valence electrons. The van der Waals surface area contributed by atoms with E-state index in [0.29, 0.717) is 5.92 Å². The molecule has 0 aliphatic heterocycles. The molecule has 0 spiro atoms. The monoisotopic (exact) mass is 306 g/mol. The summed E-state index contributed by atoms with van der Waals surface area (Å²) >= 11 is 0. The van der Waals surface area contributed by atoms with Gasteiger partial charge in [-0.15, -0.1) is 13.2 Å². The van der Waals surface area contributed by atoms with E-state index in [1.54, 1.807) is 0 Å². The molecule has 2 rings (SSSR count). The van der Waals surface area contributed by atoms with Gasteiger partial charge in [0.25, 0.3) is 0 Å². The standard InChI is InChI=1S/C9H18O.C8H10.C2H6.C2H4/c1-7-3-5-9(6-4-7)8(2)10;1-2-8-6-4-3-5-7-8;2*1-2/h7-10H,3-6H2,1-2H3;3-7H,2H2,1H3;1-2H3;1-2H2. The van der Waals surface area contributed by atoms with Gasteiger partial charge in [-0.2, -0.15) is 0 Å². The summed E-state index contributed by atoms with van der Waals surface area (Å²) in [5, 5.41) is 9.26. The minimum atomic E-state index is -0.0764. The summed E-state index contributed by atoms with van der Waals surface area (Å²) in [5.41, 5.74) is 1.41. The summed E-state index contributed by atoms with van der Waals surface area (Å²) in [4.78, 5) is 0. The van der Waals surface area contributed by atoms with Gasteiger partial charge in [-0.25, -0.2) is 0 Å². The first-order valence-corrected chi connectivity index (χ1v) is 8.85. The van der Waals surface area contributed by atoms with Gasteiger partial charge in [-0.3, -0.25) is 0 Å². The summed E-state index contributed by atoms with van der Waals surface area (Å²) in [6, 6.07) is 10.5. The third-order valence-corrected chi connectivity index (χ3v) is 3.99. The van der Waals surface area contributed by atoms with Gasteiger partial charge in [-0.1, -0.05) is 70.9 Å². The first-order valence-electron chi connectivity index (χ1n) is 8.85. The zero-order chi connectivity index (χ0) is 17.4. The summed E-state index contributed by atoms with van der Waals surface area (Å²) in [5.74, 6) is 1.49. The highest BCUT2D eigenvalue weighted by atomic mass is 16.3. The van der Waals surface area contributed by atoms with E-state index in [2.05, 4.69) is 51.3 Å². The molecule has 22 heavy (non-hydrogen) atoms. The highest BCUT2D eigenvalue weighted by Gasteiger charge is 2.21. The zero-order valence-corrected chi connectivity index (χ0v) is 15.5. The van der Waals surface area contributed by atoms with Gasteiger partial charge >= 0.3 is 0 Å². The molecule has 1 atom stereocenters. The number of hydrogen-bond donors (Lipinski definition) is 1. The number of aryl methyl sites for hydroxylation is 1. The minimum absolute atomic E-state index is 0.0764. The van der Waals surface area contributed by atoms with Crippen molar-refractivity contribution < 1.29 is 5.11 Å². The van der Waals surface area contributed by atoms with E-state index < -0.39 is 0 Å². The molecule has 1 fully saturated rings. The number of rotatable bonds is 2. The van der Waals surface area contributed by atoms with Crippen molar-refractivity contribution in [3.63, 3.8) is 0 Å². The lowest BCUT2D eigenvalue weighted by molar-refractivity contribution is 0.0909.